The number of methoxy groups -OCH3 is 1. The standard InChI is InChI=1S/C12H19NO2/c1-3-4-7-10(14)9-6-5-8-11(15-2)12(9)13/h5-6,8,10,14H,3-4,7,13H2,1-2H3. The van der Waals surface area contributed by atoms with E-state index >= 15 is 0 Å². The number of hydrogen-bond acceptors (Lipinski definition) is 3. The molecule has 1 aromatic rings. The van der Waals surface area contributed by atoms with Gasteiger partial charge in [-0.2, -0.15) is 0 Å². The smallest absolute Gasteiger partial charge is 0.142 e. The highest BCUT2D eigenvalue weighted by Crippen LogP contribution is 2.31. The Balaban J connectivity index is 2.83. The molecule has 3 N–H and O–H groups in total. The molecule has 0 radical (unpaired) electrons. The molecule has 3 nitrogen and oxygen atoms in total. The third-order valence-electron chi connectivity index (χ3n) is 2.51. The van der Waals surface area contributed by atoms with Crippen LogP contribution in [0.4, 0.5) is 5.69 Å². The first kappa shape index (κ1) is 11.9. The van der Waals surface area contributed by atoms with Crippen LogP contribution in [-0.4, -0.2) is 12.2 Å². The van der Waals surface area contributed by atoms with E-state index in [1.807, 2.05) is 12.1 Å². The number of unbranched alkanes of at least 4 members (excludes halogenated alkanes) is 1. The van der Waals surface area contributed by atoms with Crippen molar-refractivity contribution in [3.8, 4) is 5.75 Å². The van der Waals surface area contributed by atoms with Crippen LogP contribution in [0.25, 0.3) is 0 Å². The molecule has 0 saturated carbocycles. The molecule has 0 bridgehead atoms. The van der Waals surface area contributed by atoms with Crippen LogP contribution in [0.3, 0.4) is 0 Å². The van der Waals surface area contributed by atoms with Gasteiger partial charge in [0, 0.05) is 5.56 Å². The summed E-state index contributed by atoms with van der Waals surface area (Å²) < 4.78 is 5.10. The first-order valence-electron chi connectivity index (χ1n) is 5.31. The average Bonchev–Trinajstić information content (AvgIpc) is 2.26. The number of anilines is 1. The van der Waals surface area contributed by atoms with Gasteiger partial charge in [0.25, 0.3) is 0 Å². The summed E-state index contributed by atoms with van der Waals surface area (Å²) in [6.45, 7) is 2.10. The van der Waals surface area contributed by atoms with Crippen molar-refractivity contribution < 1.29 is 9.84 Å². The maximum absolute atomic E-state index is 9.92. The van der Waals surface area contributed by atoms with Crippen molar-refractivity contribution in [1.29, 1.82) is 0 Å². The van der Waals surface area contributed by atoms with Crippen LogP contribution in [0.5, 0.6) is 5.75 Å². The summed E-state index contributed by atoms with van der Waals surface area (Å²) >= 11 is 0. The molecule has 84 valence electrons. The van der Waals surface area contributed by atoms with Crippen molar-refractivity contribution in [1.82, 2.24) is 0 Å². The molecular weight excluding hydrogens is 190 g/mol. The van der Waals surface area contributed by atoms with Gasteiger partial charge in [-0.25, -0.2) is 0 Å². The Labute approximate surface area is 90.9 Å². The van der Waals surface area contributed by atoms with Crippen molar-refractivity contribution in [2.24, 2.45) is 0 Å². The van der Waals surface area contributed by atoms with Crippen LogP contribution in [0, 0.1) is 0 Å². The van der Waals surface area contributed by atoms with Crippen LogP contribution in [0.2, 0.25) is 0 Å². The number of rotatable bonds is 5. The third kappa shape index (κ3) is 2.86. The van der Waals surface area contributed by atoms with E-state index in [1.165, 1.54) is 0 Å². The molecule has 1 aromatic carbocycles. The van der Waals surface area contributed by atoms with E-state index in [-0.39, 0.29) is 0 Å². The molecule has 1 rings (SSSR count). The Bertz CT molecular complexity index is 312. The fourth-order valence-corrected chi connectivity index (χ4v) is 1.58. The number of nitrogens with two attached hydrogens (primary N) is 1. The largest absolute Gasteiger partial charge is 0.495 e. The minimum atomic E-state index is -0.486. The van der Waals surface area contributed by atoms with Gasteiger partial charge in [-0.3, -0.25) is 0 Å². The molecule has 0 saturated heterocycles. The number of aliphatic hydroxyl groups excluding tert-OH is 1. The van der Waals surface area contributed by atoms with Gasteiger partial charge >= 0.3 is 0 Å². The van der Waals surface area contributed by atoms with Crippen LogP contribution in [0.15, 0.2) is 18.2 Å². The van der Waals surface area contributed by atoms with Gasteiger partial charge in [-0.1, -0.05) is 31.9 Å². The molecule has 0 spiro atoms. The normalized spacial score (nSPS) is 12.5. The molecule has 0 aliphatic carbocycles. The van der Waals surface area contributed by atoms with Gasteiger partial charge in [0.2, 0.25) is 0 Å². The molecule has 0 fully saturated rings. The molecule has 0 amide bonds. The topological polar surface area (TPSA) is 55.5 Å². The van der Waals surface area contributed by atoms with E-state index in [4.69, 9.17) is 10.5 Å². The highest BCUT2D eigenvalue weighted by Gasteiger charge is 2.12. The second kappa shape index (κ2) is 5.61. The maximum Gasteiger partial charge on any atom is 0.142 e. The van der Waals surface area contributed by atoms with E-state index in [9.17, 15) is 5.11 Å². The second-order valence-electron chi connectivity index (χ2n) is 3.62. The summed E-state index contributed by atoms with van der Waals surface area (Å²) in [4.78, 5) is 0. The van der Waals surface area contributed by atoms with Gasteiger partial charge < -0.3 is 15.6 Å². The van der Waals surface area contributed by atoms with Gasteiger partial charge in [0.05, 0.1) is 18.9 Å². The van der Waals surface area contributed by atoms with Crippen LogP contribution >= 0.6 is 0 Å². The summed E-state index contributed by atoms with van der Waals surface area (Å²) in [5.41, 5.74) is 7.19. The third-order valence-corrected chi connectivity index (χ3v) is 2.51. The number of hydrogen-bond donors (Lipinski definition) is 2. The minimum Gasteiger partial charge on any atom is -0.495 e. The Morgan fingerprint density at radius 2 is 2.20 bits per heavy atom. The van der Waals surface area contributed by atoms with E-state index in [1.54, 1.807) is 13.2 Å². The zero-order valence-electron chi connectivity index (χ0n) is 9.36. The lowest BCUT2D eigenvalue weighted by Gasteiger charge is -2.15. The Kier molecular flexibility index (Phi) is 4.43. The molecule has 0 heterocycles. The van der Waals surface area contributed by atoms with Gasteiger partial charge in [-0.05, 0) is 12.5 Å². The highest BCUT2D eigenvalue weighted by atomic mass is 16.5. The lowest BCUT2D eigenvalue weighted by Crippen LogP contribution is -2.03. The summed E-state index contributed by atoms with van der Waals surface area (Å²) in [5, 5.41) is 9.92. The lowest BCUT2D eigenvalue weighted by atomic mass is 10.0. The molecule has 0 aromatic heterocycles. The predicted molar refractivity (Wildman–Crippen MR) is 61.9 cm³/mol. The van der Waals surface area contributed by atoms with Crippen LogP contribution in [-0.2, 0) is 0 Å². The van der Waals surface area contributed by atoms with Gasteiger partial charge in [-0.15, -0.1) is 0 Å². The SMILES string of the molecule is CCCCC(O)c1cccc(OC)c1N. The number of aliphatic hydroxyl groups is 1. The Morgan fingerprint density at radius 1 is 1.47 bits per heavy atom. The number of para-hydroxylation sites is 1. The molecule has 3 heteroatoms. The summed E-state index contributed by atoms with van der Waals surface area (Å²) in [6, 6.07) is 5.49. The number of benzene rings is 1. The second-order valence-corrected chi connectivity index (χ2v) is 3.62. The van der Waals surface area contributed by atoms with E-state index in [0.29, 0.717) is 11.4 Å². The fraction of sp³-hybridized carbons (Fsp3) is 0.500. The van der Waals surface area contributed by atoms with E-state index in [2.05, 4.69) is 6.92 Å². The van der Waals surface area contributed by atoms with Gasteiger partial charge in [0.1, 0.15) is 5.75 Å². The predicted octanol–water partition coefficient (Wildman–Crippen LogP) is 2.50. The van der Waals surface area contributed by atoms with Crippen molar-refractivity contribution in [2.45, 2.75) is 32.3 Å². The van der Waals surface area contributed by atoms with Crippen molar-refractivity contribution in [3.05, 3.63) is 23.8 Å². The zero-order chi connectivity index (χ0) is 11.3. The van der Waals surface area contributed by atoms with Crippen molar-refractivity contribution in [2.75, 3.05) is 12.8 Å². The van der Waals surface area contributed by atoms with E-state index in [0.717, 1.165) is 24.8 Å². The van der Waals surface area contributed by atoms with Crippen molar-refractivity contribution >= 4 is 5.69 Å². The monoisotopic (exact) mass is 209 g/mol. The molecule has 15 heavy (non-hydrogen) atoms. The molecule has 0 aliphatic heterocycles. The first-order valence-corrected chi connectivity index (χ1v) is 5.31. The van der Waals surface area contributed by atoms with Gasteiger partial charge in [0.15, 0.2) is 0 Å². The summed E-state index contributed by atoms with van der Waals surface area (Å²) in [6.07, 6.45) is 2.33. The van der Waals surface area contributed by atoms with Crippen molar-refractivity contribution in [3.63, 3.8) is 0 Å². The summed E-state index contributed by atoms with van der Waals surface area (Å²) in [5.74, 6) is 0.628. The quantitative estimate of drug-likeness (QED) is 0.732. The Hall–Kier alpha value is -1.22. The first-order chi connectivity index (χ1) is 7.20. The number of nitrogen functional groups attached to an aromatic ring is 1. The van der Waals surface area contributed by atoms with Crippen LogP contribution in [0.1, 0.15) is 37.9 Å². The summed E-state index contributed by atoms with van der Waals surface area (Å²) in [7, 11) is 1.58. The number of ether oxygens (including phenoxy) is 1. The highest BCUT2D eigenvalue weighted by molar-refractivity contribution is 5.59. The molecule has 1 atom stereocenters. The van der Waals surface area contributed by atoms with Crippen LogP contribution < -0.4 is 10.5 Å². The molecular formula is C12H19NO2. The fourth-order valence-electron chi connectivity index (χ4n) is 1.58. The Morgan fingerprint density at radius 3 is 2.80 bits per heavy atom. The average molecular weight is 209 g/mol. The zero-order valence-corrected chi connectivity index (χ0v) is 9.36. The molecule has 0 aliphatic rings. The molecule has 1 unspecified atom stereocenters. The lowest BCUT2D eigenvalue weighted by molar-refractivity contribution is 0.164. The van der Waals surface area contributed by atoms with E-state index < -0.39 is 6.10 Å². The minimum absolute atomic E-state index is 0.486. The maximum atomic E-state index is 9.92.